The summed E-state index contributed by atoms with van der Waals surface area (Å²) in [6.07, 6.45) is 1.64. The van der Waals surface area contributed by atoms with E-state index in [1.807, 2.05) is 69.3 Å². The predicted molar refractivity (Wildman–Crippen MR) is 109 cm³/mol. The summed E-state index contributed by atoms with van der Waals surface area (Å²) in [5.41, 5.74) is 3.22. The van der Waals surface area contributed by atoms with Crippen molar-refractivity contribution >= 4 is 23.1 Å². The molecule has 3 aromatic rings. The second kappa shape index (κ2) is 8.36. The van der Waals surface area contributed by atoms with Gasteiger partial charge in [-0.2, -0.15) is 0 Å². The van der Waals surface area contributed by atoms with E-state index in [0.717, 1.165) is 11.3 Å². The first-order valence-corrected chi connectivity index (χ1v) is 8.88. The molecule has 1 amide bonds. The van der Waals surface area contributed by atoms with Crippen molar-refractivity contribution in [2.24, 2.45) is 0 Å². The van der Waals surface area contributed by atoms with Gasteiger partial charge in [-0.05, 0) is 56.7 Å². The number of nitrogens with one attached hydrogen (secondary N) is 2. The van der Waals surface area contributed by atoms with E-state index >= 15 is 0 Å². The number of hydrogen-bond donors (Lipinski definition) is 2. The maximum absolute atomic E-state index is 12.7. The molecule has 2 N–H and O–H groups in total. The van der Waals surface area contributed by atoms with Gasteiger partial charge in [-0.15, -0.1) is 0 Å². The third-order valence-electron chi connectivity index (χ3n) is 3.93. The number of ether oxygens (including phenoxy) is 1. The van der Waals surface area contributed by atoms with Crippen LogP contribution in [0.15, 0.2) is 66.9 Å². The number of rotatable bonds is 6. The Kier molecular flexibility index (Phi) is 5.71. The van der Waals surface area contributed by atoms with Crippen LogP contribution in [0.25, 0.3) is 0 Å². The van der Waals surface area contributed by atoms with Gasteiger partial charge in [0.25, 0.3) is 5.91 Å². The van der Waals surface area contributed by atoms with Crippen LogP contribution in [0.2, 0.25) is 0 Å². The van der Waals surface area contributed by atoms with Crippen molar-refractivity contribution in [3.05, 3.63) is 78.0 Å². The number of nitrogens with zero attached hydrogens (tertiary/aromatic N) is 1. The maximum atomic E-state index is 12.7. The quantitative estimate of drug-likeness (QED) is 0.635. The Morgan fingerprint density at radius 1 is 1.00 bits per heavy atom. The lowest BCUT2D eigenvalue weighted by molar-refractivity contribution is 0.102. The molecule has 5 nitrogen and oxygen atoms in total. The monoisotopic (exact) mass is 361 g/mol. The molecule has 3 rings (SSSR count). The van der Waals surface area contributed by atoms with E-state index in [1.54, 1.807) is 18.3 Å². The summed E-state index contributed by atoms with van der Waals surface area (Å²) >= 11 is 0. The van der Waals surface area contributed by atoms with Gasteiger partial charge in [0, 0.05) is 17.4 Å². The van der Waals surface area contributed by atoms with E-state index < -0.39 is 0 Å². The van der Waals surface area contributed by atoms with Crippen LogP contribution in [-0.2, 0) is 0 Å². The first kappa shape index (κ1) is 18.5. The molecular weight excluding hydrogens is 338 g/mol. The summed E-state index contributed by atoms with van der Waals surface area (Å²) in [4.78, 5) is 17.0. The standard InChI is InChI=1S/C22H23N3O2/c1-15(2)27-20-11-7-6-10-19(20)25-22(26)17-12-13-23-21(14-17)24-18-9-5-4-8-16(18)3/h4-15H,1-3H3,(H,23,24)(H,25,26). The minimum atomic E-state index is -0.218. The van der Waals surface area contributed by atoms with Crippen molar-refractivity contribution in [1.29, 1.82) is 0 Å². The number of amides is 1. The van der Waals surface area contributed by atoms with Crippen LogP contribution in [-0.4, -0.2) is 17.0 Å². The number of carbonyl (C=O) groups excluding carboxylic acids is 1. The van der Waals surface area contributed by atoms with Gasteiger partial charge in [-0.25, -0.2) is 4.98 Å². The van der Waals surface area contributed by atoms with Crippen LogP contribution in [0.1, 0.15) is 29.8 Å². The number of hydrogen-bond acceptors (Lipinski definition) is 4. The van der Waals surface area contributed by atoms with Crippen molar-refractivity contribution in [3.63, 3.8) is 0 Å². The molecule has 0 atom stereocenters. The molecule has 2 aromatic carbocycles. The molecule has 0 fully saturated rings. The highest BCUT2D eigenvalue weighted by atomic mass is 16.5. The zero-order valence-corrected chi connectivity index (χ0v) is 15.7. The summed E-state index contributed by atoms with van der Waals surface area (Å²) in [5.74, 6) is 1.04. The molecular formula is C22H23N3O2. The molecule has 0 unspecified atom stereocenters. The minimum absolute atomic E-state index is 0.0221. The number of pyridine rings is 1. The third kappa shape index (κ3) is 4.85. The Morgan fingerprint density at radius 2 is 1.70 bits per heavy atom. The molecule has 0 saturated carbocycles. The maximum Gasteiger partial charge on any atom is 0.255 e. The third-order valence-corrected chi connectivity index (χ3v) is 3.93. The lowest BCUT2D eigenvalue weighted by atomic mass is 10.2. The van der Waals surface area contributed by atoms with Crippen LogP contribution in [0.5, 0.6) is 5.75 Å². The van der Waals surface area contributed by atoms with E-state index in [0.29, 0.717) is 22.8 Å². The van der Waals surface area contributed by atoms with E-state index in [1.165, 1.54) is 0 Å². The van der Waals surface area contributed by atoms with Gasteiger partial charge in [0.05, 0.1) is 11.8 Å². The largest absolute Gasteiger partial charge is 0.489 e. The molecule has 5 heteroatoms. The number of aryl methyl sites for hydroxylation is 1. The summed E-state index contributed by atoms with van der Waals surface area (Å²) < 4.78 is 5.76. The zero-order chi connectivity index (χ0) is 19.2. The van der Waals surface area contributed by atoms with Crippen molar-refractivity contribution in [1.82, 2.24) is 4.98 Å². The van der Waals surface area contributed by atoms with Gasteiger partial charge >= 0.3 is 0 Å². The minimum Gasteiger partial charge on any atom is -0.489 e. The fourth-order valence-electron chi connectivity index (χ4n) is 2.61. The number of aromatic nitrogens is 1. The van der Waals surface area contributed by atoms with Crippen LogP contribution in [0.3, 0.4) is 0 Å². The topological polar surface area (TPSA) is 63.2 Å². The van der Waals surface area contributed by atoms with Crippen molar-refractivity contribution in [2.45, 2.75) is 26.9 Å². The van der Waals surface area contributed by atoms with Gasteiger partial charge in [-0.3, -0.25) is 4.79 Å². The highest BCUT2D eigenvalue weighted by Gasteiger charge is 2.12. The Hall–Kier alpha value is -3.34. The second-order valence-corrected chi connectivity index (χ2v) is 6.49. The number of anilines is 3. The lowest BCUT2D eigenvalue weighted by Gasteiger charge is -2.15. The van der Waals surface area contributed by atoms with Crippen molar-refractivity contribution < 1.29 is 9.53 Å². The molecule has 0 aliphatic carbocycles. The molecule has 27 heavy (non-hydrogen) atoms. The number of para-hydroxylation sites is 3. The summed E-state index contributed by atoms with van der Waals surface area (Å²) in [6, 6.07) is 18.7. The summed E-state index contributed by atoms with van der Waals surface area (Å²) in [5, 5.41) is 6.17. The van der Waals surface area contributed by atoms with Crippen molar-refractivity contribution in [2.75, 3.05) is 10.6 Å². The molecule has 0 spiro atoms. The van der Waals surface area contributed by atoms with Crippen LogP contribution in [0, 0.1) is 6.92 Å². The fourth-order valence-corrected chi connectivity index (χ4v) is 2.61. The molecule has 0 aliphatic heterocycles. The summed E-state index contributed by atoms with van der Waals surface area (Å²) in [7, 11) is 0. The van der Waals surface area contributed by atoms with E-state index in [-0.39, 0.29) is 12.0 Å². The number of carbonyl (C=O) groups is 1. The van der Waals surface area contributed by atoms with E-state index in [2.05, 4.69) is 15.6 Å². The van der Waals surface area contributed by atoms with Crippen molar-refractivity contribution in [3.8, 4) is 5.75 Å². The second-order valence-electron chi connectivity index (χ2n) is 6.49. The first-order chi connectivity index (χ1) is 13.0. The smallest absolute Gasteiger partial charge is 0.255 e. The fraction of sp³-hybridized carbons (Fsp3) is 0.182. The lowest BCUT2D eigenvalue weighted by Crippen LogP contribution is -2.14. The van der Waals surface area contributed by atoms with E-state index in [9.17, 15) is 4.79 Å². The summed E-state index contributed by atoms with van der Waals surface area (Å²) in [6.45, 7) is 5.92. The molecule has 1 aromatic heterocycles. The molecule has 0 aliphatic rings. The van der Waals surface area contributed by atoms with Crippen LogP contribution in [0.4, 0.5) is 17.2 Å². The molecule has 0 radical (unpaired) electrons. The van der Waals surface area contributed by atoms with Gasteiger partial charge in [0.2, 0.25) is 0 Å². The average Bonchev–Trinajstić information content (AvgIpc) is 2.65. The molecule has 0 saturated heterocycles. The van der Waals surface area contributed by atoms with E-state index in [4.69, 9.17) is 4.74 Å². The Balaban J connectivity index is 1.77. The molecule has 138 valence electrons. The van der Waals surface area contributed by atoms with Gasteiger partial charge < -0.3 is 15.4 Å². The highest BCUT2D eigenvalue weighted by Crippen LogP contribution is 2.26. The SMILES string of the molecule is Cc1ccccc1Nc1cc(C(=O)Nc2ccccc2OC(C)C)ccn1. The normalized spacial score (nSPS) is 10.5. The first-order valence-electron chi connectivity index (χ1n) is 8.88. The Labute approximate surface area is 159 Å². The average molecular weight is 361 g/mol. The Bertz CT molecular complexity index is 938. The molecule has 1 heterocycles. The zero-order valence-electron chi connectivity index (χ0n) is 15.7. The molecule has 0 bridgehead atoms. The van der Waals surface area contributed by atoms with Gasteiger partial charge in [0.15, 0.2) is 0 Å². The van der Waals surface area contributed by atoms with Gasteiger partial charge in [0.1, 0.15) is 11.6 Å². The Morgan fingerprint density at radius 3 is 2.44 bits per heavy atom. The van der Waals surface area contributed by atoms with Gasteiger partial charge in [-0.1, -0.05) is 30.3 Å². The number of benzene rings is 2. The predicted octanol–water partition coefficient (Wildman–Crippen LogP) is 5.17. The van der Waals surface area contributed by atoms with Crippen LogP contribution < -0.4 is 15.4 Å². The van der Waals surface area contributed by atoms with Crippen LogP contribution >= 0.6 is 0 Å². The highest BCUT2D eigenvalue weighted by molar-refractivity contribution is 6.05.